The number of halogens is 2. The highest BCUT2D eigenvalue weighted by Crippen LogP contribution is 2.34. The van der Waals surface area contributed by atoms with Crippen LogP contribution in [0.25, 0.3) is 0 Å². The first-order chi connectivity index (χ1) is 9.40. The van der Waals surface area contributed by atoms with Crippen LogP contribution in [0.4, 0.5) is 0 Å². The molecular formula is C13H11Cl2NO3S. The SMILES string of the molecule is O=S(=O)(NCc1ccccc1)c1cc(Cl)cc(Cl)c1O. The number of nitrogens with one attached hydrogen (secondary N) is 1. The number of phenols is 1. The largest absolute Gasteiger partial charge is 0.505 e. The third-order valence-electron chi connectivity index (χ3n) is 2.59. The molecule has 2 rings (SSSR count). The Morgan fingerprint density at radius 1 is 1.10 bits per heavy atom. The van der Waals surface area contributed by atoms with Gasteiger partial charge in [-0.2, -0.15) is 0 Å². The van der Waals surface area contributed by atoms with Gasteiger partial charge in [-0.15, -0.1) is 0 Å². The molecular weight excluding hydrogens is 321 g/mol. The summed E-state index contributed by atoms with van der Waals surface area (Å²) in [6.07, 6.45) is 0. The lowest BCUT2D eigenvalue weighted by molar-refractivity contribution is 0.458. The number of hydrogen-bond donors (Lipinski definition) is 2. The lowest BCUT2D eigenvalue weighted by Gasteiger charge is -2.10. The van der Waals surface area contributed by atoms with E-state index < -0.39 is 15.8 Å². The van der Waals surface area contributed by atoms with Crippen LogP contribution in [0.1, 0.15) is 5.56 Å². The summed E-state index contributed by atoms with van der Waals surface area (Å²) in [6.45, 7) is 0.104. The molecule has 20 heavy (non-hydrogen) atoms. The Kier molecular flexibility index (Phi) is 4.55. The Hall–Kier alpha value is -1.27. The van der Waals surface area contributed by atoms with Gasteiger partial charge in [0, 0.05) is 11.6 Å². The zero-order valence-electron chi connectivity index (χ0n) is 10.2. The fraction of sp³-hybridized carbons (Fsp3) is 0.0769. The summed E-state index contributed by atoms with van der Waals surface area (Å²) in [5.74, 6) is -0.517. The molecule has 0 aliphatic carbocycles. The first kappa shape index (κ1) is 15.1. The van der Waals surface area contributed by atoms with E-state index in [2.05, 4.69) is 4.72 Å². The van der Waals surface area contributed by atoms with Crippen molar-refractivity contribution in [1.82, 2.24) is 4.72 Å². The standard InChI is InChI=1S/C13H11Cl2NO3S/c14-10-6-11(15)13(17)12(7-10)20(18,19)16-8-9-4-2-1-3-5-9/h1-7,16-17H,8H2. The molecule has 0 heterocycles. The maximum absolute atomic E-state index is 12.1. The molecule has 0 radical (unpaired) electrons. The molecule has 7 heteroatoms. The lowest BCUT2D eigenvalue weighted by Crippen LogP contribution is -2.23. The van der Waals surface area contributed by atoms with Gasteiger partial charge in [0.2, 0.25) is 10.0 Å². The number of rotatable bonds is 4. The van der Waals surface area contributed by atoms with E-state index in [1.54, 1.807) is 24.3 Å². The van der Waals surface area contributed by atoms with Gasteiger partial charge in [-0.25, -0.2) is 13.1 Å². The smallest absolute Gasteiger partial charge is 0.244 e. The molecule has 0 atom stereocenters. The molecule has 2 aromatic rings. The van der Waals surface area contributed by atoms with Crippen molar-refractivity contribution in [2.24, 2.45) is 0 Å². The van der Waals surface area contributed by atoms with Gasteiger partial charge in [0.15, 0.2) is 5.75 Å². The van der Waals surface area contributed by atoms with Gasteiger partial charge in [-0.05, 0) is 17.7 Å². The topological polar surface area (TPSA) is 66.4 Å². The third-order valence-corrected chi connectivity index (χ3v) is 4.51. The van der Waals surface area contributed by atoms with Crippen molar-refractivity contribution in [2.45, 2.75) is 11.4 Å². The molecule has 2 aromatic carbocycles. The predicted octanol–water partition coefficient (Wildman–Crippen LogP) is 3.18. The van der Waals surface area contributed by atoms with E-state index in [1.165, 1.54) is 6.07 Å². The quantitative estimate of drug-likeness (QED) is 0.904. The Morgan fingerprint density at radius 3 is 2.40 bits per heavy atom. The molecule has 0 unspecified atom stereocenters. The van der Waals surface area contributed by atoms with Gasteiger partial charge >= 0.3 is 0 Å². The average Bonchev–Trinajstić information content (AvgIpc) is 2.42. The maximum Gasteiger partial charge on any atom is 0.244 e. The van der Waals surface area contributed by atoms with E-state index in [9.17, 15) is 13.5 Å². The van der Waals surface area contributed by atoms with Crippen molar-refractivity contribution in [3.05, 3.63) is 58.1 Å². The molecule has 2 N–H and O–H groups in total. The molecule has 0 bridgehead atoms. The first-order valence-electron chi connectivity index (χ1n) is 5.62. The minimum Gasteiger partial charge on any atom is -0.505 e. The fourth-order valence-corrected chi connectivity index (χ4v) is 3.37. The summed E-state index contributed by atoms with van der Waals surface area (Å²) in [5.41, 5.74) is 0.795. The number of phenolic OH excluding ortho intramolecular Hbond substituents is 1. The van der Waals surface area contributed by atoms with Gasteiger partial charge in [0.05, 0.1) is 5.02 Å². The van der Waals surface area contributed by atoms with Crippen LogP contribution in [-0.4, -0.2) is 13.5 Å². The van der Waals surface area contributed by atoms with Crippen LogP contribution in [0.5, 0.6) is 5.75 Å². The fourth-order valence-electron chi connectivity index (χ4n) is 1.60. The summed E-state index contributed by atoms with van der Waals surface area (Å²) >= 11 is 11.5. The van der Waals surface area contributed by atoms with Crippen molar-refractivity contribution >= 4 is 33.2 Å². The zero-order valence-corrected chi connectivity index (χ0v) is 12.5. The normalized spacial score (nSPS) is 11.5. The number of sulfonamides is 1. The summed E-state index contributed by atoms with van der Waals surface area (Å²) in [5, 5.41) is 9.76. The van der Waals surface area contributed by atoms with Crippen LogP contribution in [0.3, 0.4) is 0 Å². The summed E-state index contributed by atoms with van der Waals surface area (Å²) in [4.78, 5) is -0.342. The molecule has 4 nitrogen and oxygen atoms in total. The first-order valence-corrected chi connectivity index (χ1v) is 7.85. The molecule has 0 aliphatic heterocycles. The van der Waals surface area contributed by atoms with E-state index >= 15 is 0 Å². The summed E-state index contributed by atoms with van der Waals surface area (Å²) in [7, 11) is -3.90. The third kappa shape index (κ3) is 3.43. The number of benzene rings is 2. The number of aromatic hydroxyl groups is 1. The van der Waals surface area contributed by atoms with Crippen molar-refractivity contribution < 1.29 is 13.5 Å². The van der Waals surface area contributed by atoms with Crippen LogP contribution in [0.15, 0.2) is 47.4 Å². The Balaban J connectivity index is 2.27. The molecule has 0 aromatic heterocycles. The Labute approximate surface area is 127 Å². The average molecular weight is 332 g/mol. The van der Waals surface area contributed by atoms with Crippen LogP contribution < -0.4 is 4.72 Å². The van der Waals surface area contributed by atoms with Crippen molar-refractivity contribution in [3.63, 3.8) is 0 Å². The maximum atomic E-state index is 12.1. The molecule has 0 spiro atoms. The van der Waals surface area contributed by atoms with E-state index in [1.807, 2.05) is 6.07 Å². The number of hydrogen-bond acceptors (Lipinski definition) is 3. The van der Waals surface area contributed by atoms with Crippen molar-refractivity contribution in [1.29, 1.82) is 0 Å². The van der Waals surface area contributed by atoms with Crippen LogP contribution in [-0.2, 0) is 16.6 Å². The van der Waals surface area contributed by atoms with Gasteiger partial charge in [0.25, 0.3) is 0 Å². The van der Waals surface area contributed by atoms with Gasteiger partial charge in [0.1, 0.15) is 4.90 Å². The Bertz CT molecular complexity index is 718. The highest BCUT2D eigenvalue weighted by Gasteiger charge is 2.21. The second-order valence-corrected chi connectivity index (χ2v) is 6.62. The van der Waals surface area contributed by atoms with Gasteiger partial charge < -0.3 is 5.11 Å². The van der Waals surface area contributed by atoms with E-state index in [-0.39, 0.29) is 21.5 Å². The minimum absolute atomic E-state index is 0.104. The van der Waals surface area contributed by atoms with Gasteiger partial charge in [-0.3, -0.25) is 0 Å². The molecule has 0 aliphatic rings. The molecule has 0 amide bonds. The van der Waals surface area contributed by atoms with Crippen LogP contribution in [0.2, 0.25) is 10.0 Å². The second kappa shape index (κ2) is 6.01. The lowest BCUT2D eigenvalue weighted by atomic mass is 10.2. The van der Waals surface area contributed by atoms with E-state index in [0.29, 0.717) is 0 Å². The van der Waals surface area contributed by atoms with Crippen LogP contribution in [0, 0.1) is 0 Å². The predicted molar refractivity (Wildman–Crippen MR) is 78.6 cm³/mol. The highest BCUT2D eigenvalue weighted by molar-refractivity contribution is 7.89. The highest BCUT2D eigenvalue weighted by atomic mass is 35.5. The van der Waals surface area contributed by atoms with E-state index in [0.717, 1.165) is 11.6 Å². The van der Waals surface area contributed by atoms with Gasteiger partial charge in [-0.1, -0.05) is 53.5 Å². The minimum atomic E-state index is -3.90. The van der Waals surface area contributed by atoms with Crippen molar-refractivity contribution in [2.75, 3.05) is 0 Å². The Morgan fingerprint density at radius 2 is 1.75 bits per heavy atom. The molecule has 0 saturated heterocycles. The summed E-state index contributed by atoms with van der Waals surface area (Å²) in [6, 6.07) is 11.4. The molecule has 0 saturated carbocycles. The second-order valence-electron chi connectivity index (χ2n) is 4.04. The molecule has 0 fully saturated rings. The van der Waals surface area contributed by atoms with Crippen molar-refractivity contribution in [3.8, 4) is 5.75 Å². The molecule has 106 valence electrons. The zero-order chi connectivity index (χ0) is 14.8. The summed E-state index contributed by atoms with van der Waals surface area (Å²) < 4.78 is 26.7. The monoisotopic (exact) mass is 331 g/mol. The van der Waals surface area contributed by atoms with Crippen LogP contribution >= 0.6 is 23.2 Å². The van der Waals surface area contributed by atoms with E-state index in [4.69, 9.17) is 23.2 Å².